The van der Waals surface area contributed by atoms with Gasteiger partial charge in [-0.3, -0.25) is 9.78 Å². The quantitative estimate of drug-likeness (QED) is 0.737. The Bertz CT molecular complexity index is 586. The molecule has 1 heterocycles. The third-order valence-electron chi connectivity index (χ3n) is 4.12. The lowest BCUT2D eigenvalue weighted by molar-refractivity contribution is -0.136. The van der Waals surface area contributed by atoms with Gasteiger partial charge in [0.15, 0.2) is 5.60 Å². The van der Waals surface area contributed by atoms with Crippen molar-refractivity contribution in [2.24, 2.45) is 11.7 Å². The van der Waals surface area contributed by atoms with Crippen LogP contribution in [0.2, 0.25) is 0 Å². The van der Waals surface area contributed by atoms with Gasteiger partial charge in [-0.05, 0) is 44.7 Å². The summed E-state index contributed by atoms with van der Waals surface area (Å²) in [7, 11) is 0. The van der Waals surface area contributed by atoms with E-state index in [1.54, 1.807) is 18.0 Å². The van der Waals surface area contributed by atoms with E-state index in [4.69, 9.17) is 10.5 Å². The number of primary amides is 1. The number of amides is 2. The summed E-state index contributed by atoms with van der Waals surface area (Å²) < 4.78 is 4.83. The molecule has 0 radical (unpaired) electrons. The molecule has 132 valence electrons. The van der Waals surface area contributed by atoms with Gasteiger partial charge in [0.25, 0.3) is 5.91 Å². The number of hydrogen-bond acceptors (Lipinski definition) is 5. The predicted octanol–water partition coefficient (Wildman–Crippen LogP) is 2.85. The molecule has 1 aromatic rings. The molecule has 0 aromatic carbocycles. The molecule has 2 rings (SSSR count). The number of aromatic nitrogens is 1. The Balaban J connectivity index is 1.92. The molecule has 0 atom stereocenters. The molecule has 1 fully saturated rings. The summed E-state index contributed by atoms with van der Waals surface area (Å²) in [5, 5.41) is 2.77. The first kappa shape index (κ1) is 18.6. The SMILES string of the molecule is CC(C)(OC(N)=O)C(=O)NCc1ncccc1SCC1CCCC1. The summed E-state index contributed by atoms with van der Waals surface area (Å²) in [6.45, 7) is 3.29. The number of ether oxygens (including phenoxy) is 1. The second-order valence-corrected chi connectivity index (χ2v) is 7.59. The highest BCUT2D eigenvalue weighted by atomic mass is 32.2. The fourth-order valence-electron chi connectivity index (χ4n) is 2.75. The first-order chi connectivity index (χ1) is 11.4. The summed E-state index contributed by atoms with van der Waals surface area (Å²) in [5.41, 5.74) is 4.51. The van der Waals surface area contributed by atoms with Crippen molar-refractivity contribution >= 4 is 23.8 Å². The van der Waals surface area contributed by atoms with Gasteiger partial charge in [-0.1, -0.05) is 12.8 Å². The number of rotatable bonds is 7. The number of nitrogens with zero attached hydrogens (tertiary/aromatic N) is 1. The van der Waals surface area contributed by atoms with Gasteiger partial charge in [0.2, 0.25) is 0 Å². The van der Waals surface area contributed by atoms with E-state index < -0.39 is 17.6 Å². The zero-order valence-electron chi connectivity index (χ0n) is 14.2. The summed E-state index contributed by atoms with van der Waals surface area (Å²) in [6, 6.07) is 3.93. The van der Waals surface area contributed by atoms with Crippen molar-refractivity contribution in [3.63, 3.8) is 0 Å². The summed E-state index contributed by atoms with van der Waals surface area (Å²) in [5.74, 6) is 1.46. The first-order valence-corrected chi connectivity index (χ1v) is 9.20. The summed E-state index contributed by atoms with van der Waals surface area (Å²) >= 11 is 1.79. The Morgan fingerprint density at radius 3 is 2.79 bits per heavy atom. The predicted molar refractivity (Wildman–Crippen MR) is 93.5 cm³/mol. The van der Waals surface area contributed by atoms with Crippen molar-refractivity contribution in [2.75, 3.05) is 5.75 Å². The van der Waals surface area contributed by atoms with Crippen LogP contribution in [-0.2, 0) is 16.1 Å². The molecule has 1 aliphatic rings. The van der Waals surface area contributed by atoms with Gasteiger partial charge in [-0.2, -0.15) is 0 Å². The van der Waals surface area contributed by atoms with Gasteiger partial charge < -0.3 is 15.8 Å². The number of carbonyl (C=O) groups excluding carboxylic acids is 2. The van der Waals surface area contributed by atoms with Gasteiger partial charge in [0.05, 0.1) is 12.2 Å². The Morgan fingerprint density at radius 1 is 1.42 bits per heavy atom. The van der Waals surface area contributed by atoms with Crippen LogP contribution in [0, 0.1) is 5.92 Å². The molecule has 3 N–H and O–H groups in total. The van der Waals surface area contributed by atoms with Crippen molar-refractivity contribution in [3.05, 3.63) is 24.0 Å². The highest BCUT2D eigenvalue weighted by Crippen LogP contribution is 2.31. The number of carbonyl (C=O) groups is 2. The lowest BCUT2D eigenvalue weighted by atomic mass is 10.1. The highest BCUT2D eigenvalue weighted by Gasteiger charge is 2.31. The standard InChI is InChI=1S/C17H25N3O3S/c1-17(2,23-16(18)22)15(21)20-10-13-14(8-5-9-19-13)24-11-12-6-3-4-7-12/h5,8-9,12H,3-4,6-7,10-11H2,1-2H3,(H2,18,22)(H,20,21). The van der Waals surface area contributed by atoms with E-state index in [0.29, 0.717) is 0 Å². The van der Waals surface area contributed by atoms with Crippen molar-refractivity contribution in [1.29, 1.82) is 0 Å². The minimum Gasteiger partial charge on any atom is -0.434 e. The van der Waals surface area contributed by atoms with Crippen LogP contribution in [-0.4, -0.2) is 28.3 Å². The Hall–Kier alpha value is -1.76. The molecular formula is C17H25N3O3S. The Morgan fingerprint density at radius 2 is 2.12 bits per heavy atom. The molecule has 2 amide bonds. The van der Waals surface area contributed by atoms with Gasteiger partial charge in [0, 0.05) is 16.8 Å². The van der Waals surface area contributed by atoms with Crippen molar-refractivity contribution in [2.45, 2.75) is 56.6 Å². The molecule has 7 heteroatoms. The number of nitrogens with two attached hydrogens (primary N) is 1. The zero-order chi connectivity index (χ0) is 17.6. The maximum absolute atomic E-state index is 12.2. The van der Waals surface area contributed by atoms with Gasteiger partial charge in [-0.15, -0.1) is 11.8 Å². The molecule has 0 saturated heterocycles. The highest BCUT2D eigenvalue weighted by molar-refractivity contribution is 7.99. The molecule has 0 unspecified atom stereocenters. The Labute approximate surface area is 146 Å². The van der Waals surface area contributed by atoms with Crippen LogP contribution in [0.5, 0.6) is 0 Å². The number of nitrogens with one attached hydrogen (secondary N) is 1. The minimum atomic E-state index is -1.31. The molecule has 1 aliphatic carbocycles. The van der Waals surface area contributed by atoms with Crippen molar-refractivity contribution in [3.8, 4) is 0 Å². The van der Waals surface area contributed by atoms with Crippen LogP contribution in [0.15, 0.2) is 23.2 Å². The maximum Gasteiger partial charge on any atom is 0.405 e. The van der Waals surface area contributed by atoms with Crippen LogP contribution < -0.4 is 11.1 Å². The lowest BCUT2D eigenvalue weighted by Crippen LogP contribution is -2.46. The van der Waals surface area contributed by atoms with Crippen LogP contribution in [0.1, 0.15) is 45.2 Å². The average Bonchev–Trinajstić information content (AvgIpc) is 3.03. The van der Waals surface area contributed by atoms with E-state index in [9.17, 15) is 9.59 Å². The first-order valence-electron chi connectivity index (χ1n) is 8.22. The number of thioether (sulfide) groups is 1. The number of hydrogen-bond donors (Lipinski definition) is 2. The fraction of sp³-hybridized carbons (Fsp3) is 0.588. The third-order valence-corrected chi connectivity index (χ3v) is 5.44. The van der Waals surface area contributed by atoms with E-state index in [0.717, 1.165) is 22.3 Å². The molecule has 0 spiro atoms. The van der Waals surface area contributed by atoms with Crippen molar-refractivity contribution in [1.82, 2.24) is 10.3 Å². The minimum absolute atomic E-state index is 0.290. The normalized spacial score (nSPS) is 15.2. The molecule has 0 bridgehead atoms. The van der Waals surface area contributed by atoms with Gasteiger partial charge in [0.1, 0.15) is 0 Å². The molecule has 6 nitrogen and oxygen atoms in total. The van der Waals surface area contributed by atoms with Gasteiger partial charge >= 0.3 is 6.09 Å². The second-order valence-electron chi connectivity index (χ2n) is 6.52. The third kappa shape index (κ3) is 5.40. The number of pyridine rings is 1. The van der Waals surface area contributed by atoms with E-state index >= 15 is 0 Å². The van der Waals surface area contributed by atoms with E-state index in [-0.39, 0.29) is 6.54 Å². The van der Waals surface area contributed by atoms with E-state index in [2.05, 4.69) is 10.3 Å². The molecular weight excluding hydrogens is 326 g/mol. The summed E-state index contributed by atoms with van der Waals surface area (Å²) in [4.78, 5) is 28.5. The summed E-state index contributed by atoms with van der Waals surface area (Å²) in [6.07, 6.45) is 6.01. The zero-order valence-corrected chi connectivity index (χ0v) is 15.0. The average molecular weight is 351 g/mol. The van der Waals surface area contributed by atoms with Crippen LogP contribution in [0.4, 0.5) is 4.79 Å². The van der Waals surface area contributed by atoms with Crippen molar-refractivity contribution < 1.29 is 14.3 Å². The Kier molecular flexibility index (Phi) is 6.48. The molecule has 1 saturated carbocycles. The molecule has 24 heavy (non-hydrogen) atoms. The fourth-order valence-corrected chi connectivity index (χ4v) is 3.96. The van der Waals surface area contributed by atoms with Gasteiger partial charge in [-0.25, -0.2) is 4.79 Å². The largest absolute Gasteiger partial charge is 0.434 e. The molecule has 1 aromatic heterocycles. The smallest absolute Gasteiger partial charge is 0.405 e. The topological polar surface area (TPSA) is 94.3 Å². The maximum atomic E-state index is 12.2. The van der Waals surface area contributed by atoms with Crippen LogP contribution >= 0.6 is 11.8 Å². The van der Waals surface area contributed by atoms with E-state index in [1.165, 1.54) is 39.5 Å². The monoisotopic (exact) mass is 351 g/mol. The van der Waals surface area contributed by atoms with E-state index in [1.807, 2.05) is 12.1 Å². The van der Waals surface area contributed by atoms with Crippen LogP contribution in [0.25, 0.3) is 0 Å². The lowest BCUT2D eigenvalue weighted by Gasteiger charge is -2.22. The second kappa shape index (κ2) is 8.37. The molecule has 0 aliphatic heterocycles. The van der Waals surface area contributed by atoms with Crippen LogP contribution in [0.3, 0.4) is 0 Å².